The van der Waals surface area contributed by atoms with E-state index in [1.165, 1.54) is 0 Å². The maximum Gasteiger partial charge on any atom is 0.167 e. The van der Waals surface area contributed by atoms with Gasteiger partial charge in [-0.05, 0) is 37.1 Å². The van der Waals surface area contributed by atoms with E-state index in [9.17, 15) is 4.79 Å². The summed E-state index contributed by atoms with van der Waals surface area (Å²) in [4.78, 5) is 12.5. The molecule has 2 aromatic carbocycles. The van der Waals surface area contributed by atoms with E-state index >= 15 is 0 Å². The van der Waals surface area contributed by atoms with E-state index in [4.69, 9.17) is 4.74 Å². The van der Waals surface area contributed by atoms with Gasteiger partial charge in [0.25, 0.3) is 0 Å². The second kappa shape index (κ2) is 7.23. The van der Waals surface area contributed by atoms with Gasteiger partial charge in [0.05, 0.1) is 0 Å². The van der Waals surface area contributed by atoms with Crippen LogP contribution >= 0.6 is 0 Å². The van der Waals surface area contributed by atoms with Crippen molar-refractivity contribution in [3.05, 3.63) is 65.7 Å². The van der Waals surface area contributed by atoms with E-state index in [1.54, 1.807) is 0 Å². The average Bonchev–Trinajstić information content (AvgIpc) is 2.61. The second-order valence-electron chi connectivity index (χ2n) is 5.71. The van der Waals surface area contributed by atoms with E-state index in [0.717, 1.165) is 42.8 Å². The van der Waals surface area contributed by atoms with Crippen molar-refractivity contribution in [2.24, 2.45) is 5.92 Å². The van der Waals surface area contributed by atoms with Gasteiger partial charge in [0.1, 0.15) is 12.4 Å². The van der Waals surface area contributed by atoms with E-state index in [0.29, 0.717) is 6.61 Å². The number of hydrogen-bond donors (Lipinski definition) is 1. The molecule has 3 rings (SSSR count). The summed E-state index contributed by atoms with van der Waals surface area (Å²) in [7, 11) is 0. The summed E-state index contributed by atoms with van der Waals surface area (Å²) in [5, 5.41) is 3.29. The van der Waals surface area contributed by atoms with Crippen LogP contribution in [0.4, 0.5) is 0 Å². The lowest BCUT2D eigenvalue weighted by atomic mass is 9.91. The maximum atomic E-state index is 12.5. The number of carbonyl (C=O) groups is 1. The van der Waals surface area contributed by atoms with Crippen LogP contribution in [0.25, 0.3) is 0 Å². The van der Waals surface area contributed by atoms with Crippen LogP contribution < -0.4 is 10.1 Å². The summed E-state index contributed by atoms with van der Waals surface area (Å²) in [6.45, 7) is 2.32. The van der Waals surface area contributed by atoms with Gasteiger partial charge in [-0.25, -0.2) is 0 Å². The van der Waals surface area contributed by atoms with Gasteiger partial charge >= 0.3 is 0 Å². The Labute approximate surface area is 131 Å². The molecule has 0 bridgehead atoms. The molecule has 0 aliphatic carbocycles. The minimum absolute atomic E-state index is 0.0955. The second-order valence-corrected chi connectivity index (χ2v) is 5.71. The molecule has 1 aliphatic rings. The summed E-state index contributed by atoms with van der Waals surface area (Å²) < 4.78 is 5.80. The molecule has 1 N–H and O–H groups in total. The number of piperidine rings is 1. The molecular formula is C19H21NO2. The number of ketones is 1. The molecule has 0 saturated carbocycles. The van der Waals surface area contributed by atoms with Gasteiger partial charge in [0.2, 0.25) is 0 Å². The van der Waals surface area contributed by atoms with E-state index in [2.05, 4.69) is 5.32 Å². The van der Waals surface area contributed by atoms with Gasteiger partial charge in [-0.1, -0.05) is 42.5 Å². The van der Waals surface area contributed by atoms with Crippen LogP contribution in [0.1, 0.15) is 28.8 Å². The minimum Gasteiger partial charge on any atom is -0.489 e. The number of Topliss-reactive ketones (excluding diaryl/α,β-unsaturated/α-hetero) is 1. The predicted octanol–water partition coefficient (Wildman–Crippen LogP) is 3.45. The van der Waals surface area contributed by atoms with Gasteiger partial charge in [0, 0.05) is 18.0 Å². The van der Waals surface area contributed by atoms with Crippen molar-refractivity contribution in [3.8, 4) is 5.75 Å². The Balaban J connectivity index is 1.65. The molecule has 22 heavy (non-hydrogen) atoms. The van der Waals surface area contributed by atoms with Gasteiger partial charge < -0.3 is 10.1 Å². The molecule has 3 nitrogen and oxygen atoms in total. The molecule has 114 valence electrons. The first-order valence-corrected chi connectivity index (χ1v) is 7.84. The molecule has 0 spiro atoms. The summed E-state index contributed by atoms with van der Waals surface area (Å²) in [6, 6.07) is 17.6. The zero-order chi connectivity index (χ0) is 15.2. The van der Waals surface area contributed by atoms with Crippen molar-refractivity contribution in [3.63, 3.8) is 0 Å². The molecule has 1 heterocycles. The fourth-order valence-corrected chi connectivity index (χ4v) is 2.79. The van der Waals surface area contributed by atoms with Crippen LogP contribution in [-0.2, 0) is 6.61 Å². The summed E-state index contributed by atoms with van der Waals surface area (Å²) in [5.74, 6) is 1.06. The molecule has 3 heteroatoms. The van der Waals surface area contributed by atoms with Crippen LogP contribution in [0.5, 0.6) is 5.75 Å². The van der Waals surface area contributed by atoms with Gasteiger partial charge in [0.15, 0.2) is 5.78 Å². The van der Waals surface area contributed by atoms with Crippen LogP contribution in [0.15, 0.2) is 54.6 Å². The van der Waals surface area contributed by atoms with Crippen molar-refractivity contribution < 1.29 is 9.53 Å². The van der Waals surface area contributed by atoms with Crippen LogP contribution in [0, 0.1) is 5.92 Å². The highest BCUT2D eigenvalue weighted by atomic mass is 16.5. The van der Waals surface area contributed by atoms with Crippen molar-refractivity contribution in [2.45, 2.75) is 19.4 Å². The molecule has 1 unspecified atom stereocenters. The third-order valence-corrected chi connectivity index (χ3v) is 4.03. The van der Waals surface area contributed by atoms with Crippen molar-refractivity contribution in [1.29, 1.82) is 0 Å². The zero-order valence-corrected chi connectivity index (χ0v) is 12.6. The molecule has 1 fully saturated rings. The number of benzene rings is 2. The number of rotatable bonds is 5. The van der Waals surface area contributed by atoms with Gasteiger partial charge in [-0.3, -0.25) is 4.79 Å². The molecule has 0 aromatic heterocycles. The zero-order valence-electron chi connectivity index (χ0n) is 12.6. The largest absolute Gasteiger partial charge is 0.489 e. The highest BCUT2D eigenvalue weighted by molar-refractivity contribution is 5.98. The Bertz CT molecular complexity index is 618. The van der Waals surface area contributed by atoms with Crippen LogP contribution in [0.2, 0.25) is 0 Å². The standard InChI is InChI=1S/C19H21NO2/c21-19(17-9-5-11-20-13-17)16-8-4-10-18(12-16)22-14-15-6-2-1-3-7-15/h1-4,6-8,10,12,17,20H,5,9,11,13-14H2. The fourth-order valence-electron chi connectivity index (χ4n) is 2.79. The monoisotopic (exact) mass is 295 g/mol. The fraction of sp³-hybridized carbons (Fsp3) is 0.316. The SMILES string of the molecule is O=C(c1cccc(OCc2ccccc2)c1)C1CCCNC1. The van der Waals surface area contributed by atoms with Crippen molar-refractivity contribution in [1.82, 2.24) is 5.32 Å². The van der Waals surface area contributed by atoms with Gasteiger partial charge in [-0.2, -0.15) is 0 Å². The normalized spacial score (nSPS) is 17.9. The number of nitrogens with one attached hydrogen (secondary N) is 1. The lowest BCUT2D eigenvalue weighted by Crippen LogP contribution is -2.34. The summed E-state index contributed by atoms with van der Waals surface area (Å²) >= 11 is 0. The third-order valence-electron chi connectivity index (χ3n) is 4.03. The first-order chi connectivity index (χ1) is 10.8. The molecule has 1 atom stereocenters. The van der Waals surface area contributed by atoms with E-state index in [-0.39, 0.29) is 11.7 Å². The lowest BCUT2D eigenvalue weighted by Gasteiger charge is -2.21. The van der Waals surface area contributed by atoms with Crippen molar-refractivity contribution in [2.75, 3.05) is 13.1 Å². The number of hydrogen-bond acceptors (Lipinski definition) is 3. The summed E-state index contributed by atoms with van der Waals surface area (Å²) in [6.07, 6.45) is 2.04. The Morgan fingerprint density at radius 2 is 2.00 bits per heavy atom. The minimum atomic E-state index is 0.0955. The van der Waals surface area contributed by atoms with E-state index < -0.39 is 0 Å². The maximum absolute atomic E-state index is 12.5. The quantitative estimate of drug-likeness (QED) is 0.859. The summed E-state index contributed by atoms with van der Waals surface area (Å²) in [5.41, 5.74) is 1.87. The highest BCUT2D eigenvalue weighted by Crippen LogP contribution is 2.21. The Morgan fingerprint density at radius 1 is 1.14 bits per heavy atom. The van der Waals surface area contributed by atoms with Crippen molar-refractivity contribution >= 4 is 5.78 Å². The number of ether oxygens (including phenoxy) is 1. The first-order valence-electron chi connectivity index (χ1n) is 7.84. The van der Waals surface area contributed by atoms with Crippen LogP contribution in [0.3, 0.4) is 0 Å². The molecular weight excluding hydrogens is 274 g/mol. The smallest absolute Gasteiger partial charge is 0.167 e. The highest BCUT2D eigenvalue weighted by Gasteiger charge is 2.22. The lowest BCUT2D eigenvalue weighted by molar-refractivity contribution is 0.0899. The Morgan fingerprint density at radius 3 is 2.77 bits per heavy atom. The topological polar surface area (TPSA) is 38.3 Å². The Kier molecular flexibility index (Phi) is 4.86. The third kappa shape index (κ3) is 3.74. The van der Waals surface area contributed by atoms with Gasteiger partial charge in [-0.15, -0.1) is 0 Å². The first kappa shape index (κ1) is 14.8. The molecule has 2 aromatic rings. The van der Waals surface area contributed by atoms with E-state index in [1.807, 2.05) is 54.6 Å². The molecule has 0 amide bonds. The number of carbonyl (C=O) groups excluding carboxylic acids is 1. The molecule has 1 aliphatic heterocycles. The predicted molar refractivity (Wildman–Crippen MR) is 87.1 cm³/mol. The average molecular weight is 295 g/mol. The molecule has 0 radical (unpaired) electrons. The Hall–Kier alpha value is -2.13. The molecule has 1 saturated heterocycles. The van der Waals surface area contributed by atoms with Crippen LogP contribution in [-0.4, -0.2) is 18.9 Å².